The predicted molar refractivity (Wildman–Crippen MR) is 57.3 cm³/mol. The quantitative estimate of drug-likeness (QED) is 0.521. The molecule has 3 nitrogen and oxygen atoms in total. The molecule has 0 radical (unpaired) electrons. The van der Waals surface area contributed by atoms with E-state index in [1.807, 2.05) is 6.20 Å². The lowest BCUT2D eigenvalue weighted by Gasteiger charge is -2.31. The number of aliphatic imine (C=N–C) groups is 1. The van der Waals surface area contributed by atoms with Crippen LogP contribution >= 0.6 is 11.6 Å². The zero-order chi connectivity index (χ0) is 9.97. The molecule has 4 heteroatoms. The van der Waals surface area contributed by atoms with Crippen LogP contribution in [0.1, 0.15) is 25.7 Å². The van der Waals surface area contributed by atoms with Crippen LogP contribution < -0.4 is 0 Å². The number of methoxy groups -OCH3 is 1. The van der Waals surface area contributed by atoms with E-state index in [9.17, 15) is 0 Å². The van der Waals surface area contributed by atoms with Crippen molar-refractivity contribution in [2.24, 2.45) is 4.99 Å². The number of rotatable bonds is 2. The summed E-state index contributed by atoms with van der Waals surface area (Å²) in [5.74, 6) is 0.786. The van der Waals surface area contributed by atoms with Crippen LogP contribution in [0.2, 0.25) is 0 Å². The van der Waals surface area contributed by atoms with Crippen LogP contribution in [0.25, 0.3) is 0 Å². The molecule has 1 aliphatic carbocycles. The summed E-state index contributed by atoms with van der Waals surface area (Å²) in [5, 5.41) is 0. The van der Waals surface area contributed by atoms with Crippen LogP contribution in [-0.2, 0) is 4.74 Å². The summed E-state index contributed by atoms with van der Waals surface area (Å²) in [7, 11) is 1.65. The van der Waals surface area contributed by atoms with E-state index in [-0.39, 0.29) is 5.62 Å². The van der Waals surface area contributed by atoms with E-state index >= 15 is 0 Å². The summed E-state index contributed by atoms with van der Waals surface area (Å²) < 4.78 is 5.14. The first-order valence-corrected chi connectivity index (χ1v) is 5.45. The van der Waals surface area contributed by atoms with Gasteiger partial charge in [-0.2, -0.15) is 0 Å². The van der Waals surface area contributed by atoms with Crippen LogP contribution in [0.4, 0.5) is 0 Å². The molecule has 1 saturated carbocycles. The molecule has 0 aromatic carbocycles. The lowest BCUT2D eigenvalue weighted by Crippen LogP contribution is -2.36. The lowest BCUT2D eigenvalue weighted by atomic mass is 10.2. The number of allylic oxidation sites excluding steroid dienone is 1. The van der Waals surface area contributed by atoms with Crippen molar-refractivity contribution < 1.29 is 4.74 Å². The van der Waals surface area contributed by atoms with Gasteiger partial charge in [0.25, 0.3) is 0 Å². The van der Waals surface area contributed by atoms with Crippen molar-refractivity contribution >= 4 is 17.8 Å². The Hall–Kier alpha value is -0.700. The molecule has 0 amide bonds. The molecule has 1 unspecified atom stereocenters. The Bertz CT molecular complexity index is 259. The monoisotopic (exact) mass is 214 g/mol. The average Bonchev–Trinajstić information content (AvgIpc) is 2.71. The van der Waals surface area contributed by atoms with Gasteiger partial charge in [0.2, 0.25) is 0 Å². The lowest BCUT2D eigenvalue weighted by molar-refractivity contribution is 0.231. The van der Waals surface area contributed by atoms with Gasteiger partial charge in [0.05, 0.1) is 13.3 Å². The minimum atomic E-state index is -0.253. The van der Waals surface area contributed by atoms with E-state index < -0.39 is 0 Å². The predicted octanol–water partition coefficient (Wildman–Crippen LogP) is 2.33. The molecule has 14 heavy (non-hydrogen) atoms. The third-order valence-corrected chi connectivity index (χ3v) is 3.17. The van der Waals surface area contributed by atoms with Gasteiger partial charge in [0.15, 0.2) is 11.4 Å². The Morgan fingerprint density at radius 2 is 2.21 bits per heavy atom. The molecule has 0 aromatic rings. The molecular formula is C10H15ClN2O. The summed E-state index contributed by atoms with van der Waals surface area (Å²) in [6, 6.07) is 0.542. The second-order valence-corrected chi connectivity index (χ2v) is 4.10. The Morgan fingerprint density at radius 1 is 1.50 bits per heavy atom. The van der Waals surface area contributed by atoms with Gasteiger partial charge >= 0.3 is 0 Å². The first-order valence-electron chi connectivity index (χ1n) is 5.02. The molecule has 1 atom stereocenters. The molecule has 1 heterocycles. The molecule has 0 bridgehead atoms. The Labute approximate surface area is 89.4 Å². The first kappa shape index (κ1) is 9.84. The Balaban J connectivity index is 2.08. The van der Waals surface area contributed by atoms with Crippen LogP contribution in [0.3, 0.4) is 0 Å². The normalized spacial score (nSPS) is 28.0. The second-order valence-electron chi connectivity index (χ2n) is 3.71. The zero-order valence-corrected chi connectivity index (χ0v) is 9.07. The molecule has 78 valence electrons. The van der Waals surface area contributed by atoms with Crippen molar-refractivity contribution in [2.45, 2.75) is 37.4 Å². The number of alkyl halides is 1. The third-order valence-electron chi connectivity index (χ3n) is 2.83. The maximum Gasteiger partial charge on any atom is 0.197 e. The highest BCUT2D eigenvalue weighted by atomic mass is 35.5. The Morgan fingerprint density at radius 3 is 2.86 bits per heavy atom. The minimum Gasteiger partial charge on any atom is -0.494 e. The molecule has 0 N–H and O–H groups in total. The summed E-state index contributed by atoms with van der Waals surface area (Å²) in [5.41, 5.74) is -0.253. The SMILES string of the molecule is COC1=CN(C2CCCC2)C(Cl)N=C1. The van der Waals surface area contributed by atoms with E-state index in [4.69, 9.17) is 16.3 Å². The van der Waals surface area contributed by atoms with Gasteiger partial charge in [-0.05, 0) is 12.8 Å². The number of hydrogen-bond acceptors (Lipinski definition) is 3. The van der Waals surface area contributed by atoms with Crippen molar-refractivity contribution in [1.82, 2.24) is 4.90 Å². The van der Waals surface area contributed by atoms with Crippen LogP contribution in [0.5, 0.6) is 0 Å². The summed E-state index contributed by atoms with van der Waals surface area (Å²) in [6.07, 6.45) is 8.68. The van der Waals surface area contributed by atoms with Crippen molar-refractivity contribution in [1.29, 1.82) is 0 Å². The van der Waals surface area contributed by atoms with Gasteiger partial charge in [-0.25, -0.2) is 4.99 Å². The maximum atomic E-state index is 6.11. The number of ether oxygens (including phenoxy) is 1. The fourth-order valence-electron chi connectivity index (χ4n) is 2.04. The van der Waals surface area contributed by atoms with E-state index in [1.165, 1.54) is 25.7 Å². The zero-order valence-electron chi connectivity index (χ0n) is 8.32. The summed E-state index contributed by atoms with van der Waals surface area (Å²) in [6.45, 7) is 0. The van der Waals surface area contributed by atoms with Gasteiger partial charge in [-0.15, -0.1) is 0 Å². The Kier molecular flexibility index (Phi) is 2.96. The maximum absolute atomic E-state index is 6.11. The topological polar surface area (TPSA) is 24.8 Å². The number of hydrogen-bond donors (Lipinski definition) is 0. The molecule has 2 aliphatic rings. The molecule has 1 aliphatic heterocycles. The molecule has 1 fully saturated rings. The molecule has 2 rings (SSSR count). The molecule has 0 saturated heterocycles. The molecule has 0 aromatic heterocycles. The van der Waals surface area contributed by atoms with E-state index in [0.717, 1.165) is 5.76 Å². The number of nitrogens with zero attached hydrogens (tertiary/aromatic N) is 2. The van der Waals surface area contributed by atoms with Gasteiger partial charge in [-0.3, -0.25) is 0 Å². The fraction of sp³-hybridized carbons (Fsp3) is 0.700. The second kappa shape index (κ2) is 4.22. The van der Waals surface area contributed by atoms with Crippen molar-refractivity contribution in [3.8, 4) is 0 Å². The van der Waals surface area contributed by atoms with Crippen molar-refractivity contribution in [2.75, 3.05) is 7.11 Å². The van der Waals surface area contributed by atoms with E-state index in [2.05, 4.69) is 9.89 Å². The highest BCUT2D eigenvalue weighted by Gasteiger charge is 2.27. The highest BCUT2D eigenvalue weighted by molar-refractivity contribution is 6.20. The minimum absolute atomic E-state index is 0.253. The fourth-order valence-corrected chi connectivity index (χ4v) is 2.31. The van der Waals surface area contributed by atoms with E-state index in [1.54, 1.807) is 13.3 Å². The smallest absolute Gasteiger partial charge is 0.197 e. The summed E-state index contributed by atoms with van der Waals surface area (Å²) >= 11 is 6.11. The average molecular weight is 215 g/mol. The van der Waals surface area contributed by atoms with Crippen molar-refractivity contribution in [3.63, 3.8) is 0 Å². The van der Waals surface area contributed by atoms with Gasteiger partial charge < -0.3 is 9.64 Å². The largest absolute Gasteiger partial charge is 0.494 e. The van der Waals surface area contributed by atoms with E-state index in [0.29, 0.717) is 6.04 Å². The molecule has 0 spiro atoms. The third kappa shape index (κ3) is 1.87. The standard InChI is InChI=1S/C10H15ClN2O/c1-14-9-6-12-10(11)13(7-9)8-4-2-3-5-8/h6-8,10H,2-5H2,1H3. The first-order chi connectivity index (χ1) is 6.81. The van der Waals surface area contributed by atoms with Gasteiger partial charge in [-0.1, -0.05) is 24.4 Å². The van der Waals surface area contributed by atoms with Crippen LogP contribution in [0.15, 0.2) is 17.0 Å². The van der Waals surface area contributed by atoms with Crippen molar-refractivity contribution in [3.05, 3.63) is 12.0 Å². The summed E-state index contributed by atoms with van der Waals surface area (Å²) in [4.78, 5) is 6.29. The molecular weight excluding hydrogens is 200 g/mol. The highest BCUT2D eigenvalue weighted by Crippen LogP contribution is 2.28. The van der Waals surface area contributed by atoms with Gasteiger partial charge in [0.1, 0.15) is 0 Å². The number of halogens is 1. The van der Waals surface area contributed by atoms with Crippen LogP contribution in [-0.4, -0.2) is 29.9 Å². The van der Waals surface area contributed by atoms with Crippen LogP contribution in [0, 0.1) is 0 Å². The van der Waals surface area contributed by atoms with Gasteiger partial charge in [0, 0.05) is 12.2 Å².